The van der Waals surface area contributed by atoms with Crippen LogP contribution in [0.1, 0.15) is 91.9 Å². The van der Waals surface area contributed by atoms with Crippen LogP contribution in [0.2, 0.25) is 0 Å². The Morgan fingerprint density at radius 1 is 0.963 bits per heavy atom. The van der Waals surface area contributed by atoms with Gasteiger partial charge in [-0.1, -0.05) is 32.6 Å². The molecule has 0 aliphatic rings. The number of Topliss-reactive ketones (excluding diaryl/α,β-unsaturated/α-hetero) is 1. The molecule has 0 aliphatic carbocycles. The van der Waals surface area contributed by atoms with Crippen molar-refractivity contribution < 1.29 is 4.79 Å². The topological polar surface area (TPSA) is 56.2 Å². The van der Waals surface area contributed by atoms with E-state index in [-0.39, 0.29) is 5.92 Å². The highest BCUT2D eigenvalue weighted by molar-refractivity contribution is 5.81. The van der Waals surface area contributed by atoms with Crippen molar-refractivity contribution in [3.8, 4) is 0 Å². The van der Waals surface area contributed by atoms with E-state index in [4.69, 9.17) is 5.41 Å². The maximum absolute atomic E-state index is 11.9. The van der Waals surface area contributed by atoms with Crippen molar-refractivity contribution >= 4 is 11.5 Å². The molecule has 2 N–H and O–H groups in total. The summed E-state index contributed by atoms with van der Waals surface area (Å²) in [6.07, 6.45) is 11.2. The van der Waals surface area contributed by atoms with E-state index in [9.17, 15) is 4.79 Å². The summed E-state index contributed by atoms with van der Waals surface area (Å²) in [5.41, 5.74) is 0.811. The lowest BCUT2D eigenvalue weighted by molar-refractivity contribution is -0.121. The summed E-state index contributed by atoms with van der Waals surface area (Å²) in [5, 5.41) is 11.6. The number of unbranched alkanes of at least 4 members (excludes halogenated alkanes) is 2. The third kappa shape index (κ3) is 12.4. The van der Waals surface area contributed by atoms with Crippen LogP contribution in [-0.2, 0) is 4.79 Å². The van der Waals surface area contributed by atoms with Crippen LogP contribution in [0.3, 0.4) is 0 Å². The molecule has 4 unspecified atom stereocenters. The van der Waals surface area contributed by atoms with Crippen molar-refractivity contribution in [2.75, 3.05) is 21.1 Å². The maximum atomic E-state index is 11.9. The average Bonchev–Trinajstić information content (AvgIpc) is 2.61. The number of ketones is 1. The van der Waals surface area contributed by atoms with Gasteiger partial charge in [0.2, 0.25) is 0 Å². The fourth-order valence-corrected chi connectivity index (χ4v) is 3.77. The molecule has 0 aromatic heterocycles. The van der Waals surface area contributed by atoms with Crippen molar-refractivity contribution in [3.63, 3.8) is 0 Å². The van der Waals surface area contributed by atoms with Crippen LogP contribution in [0, 0.1) is 17.2 Å². The first-order valence-corrected chi connectivity index (χ1v) is 11.1. The van der Waals surface area contributed by atoms with Gasteiger partial charge < -0.3 is 15.6 Å². The van der Waals surface area contributed by atoms with Gasteiger partial charge in [0.15, 0.2) is 0 Å². The molecule has 0 aromatic rings. The van der Waals surface area contributed by atoms with Crippen LogP contribution in [0.15, 0.2) is 0 Å². The fraction of sp³-hybridized carbons (Fsp3) is 0.913. The van der Waals surface area contributed by atoms with Gasteiger partial charge in [0.1, 0.15) is 5.78 Å². The second kappa shape index (κ2) is 15.2. The molecule has 0 aromatic carbocycles. The van der Waals surface area contributed by atoms with Crippen molar-refractivity contribution in [2.24, 2.45) is 11.8 Å². The number of hydrogen-bond acceptors (Lipinski definition) is 4. The molecule has 0 fully saturated rings. The van der Waals surface area contributed by atoms with Gasteiger partial charge in [-0.25, -0.2) is 0 Å². The Bertz CT molecular complexity index is 408. The van der Waals surface area contributed by atoms with E-state index in [1.807, 2.05) is 14.0 Å². The third-order valence-corrected chi connectivity index (χ3v) is 6.23. The molecule has 0 amide bonds. The zero-order valence-corrected chi connectivity index (χ0v) is 19.2. The SMILES string of the molecule is CCCCCC(CCCC(CCC(CC(C)N(C)C)C(C)=N)NC)C(C)=O. The molecule has 0 heterocycles. The van der Waals surface area contributed by atoms with Crippen LogP contribution in [0.5, 0.6) is 0 Å². The average molecular weight is 382 g/mol. The van der Waals surface area contributed by atoms with E-state index < -0.39 is 0 Å². The lowest BCUT2D eigenvalue weighted by Gasteiger charge is -2.26. The molecule has 0 rings (SSSR count). The van der Waals surface area contributed by atoms with Crippen LogP contribution in [-0.4, -0.2) is 49.6 Å². The minimum atomic E-state index is 0.256. The van der Waals surface area contributed by atoms with E-state index in [2.05, 4.69) is 38.2 Å². The second-order valence-electron chi connectivity index (χ2n) is 8.73. The molecule has 0 aliphatic heterocycles. The lowest BCUT2D eigenvalue weighted by Crippen LogP contribution is -2.31. The Labute approximate surface area is 169 Å². The molecular weight excluding hydrogens is 334 g/mol. The first-order chi connectivity index (χ1) is 12.7. The zero-order valence-electron chi connectivity index (χ0n) is 19.2. The van der Waals surface area contributed by atoms with Crippen LogP contribution < -0.4 is 5.32 Å². The summed E-state index contributed by atoms with van der Waals surface area (Å²) in [6.45, 7) is 8.17. The molecule has 0 saturated heterocycles. The standard InChI is InChI=1S/C23H47N3O/c1-8-9-10-12-21(20(4)27)13-11-14-23(25-5)16-15-22(19(3)24)17-18(2)26(6)7/h18,21-25H,8-17H2,1-7H3. The van der Waals surface area contributed by atoms with Gasteiger partial charge >= 0.3 is 0 Å². The molecule has 0 saturated carbocycles. The Morgan fingerprint density at radius 3 is 2.07 bits per heavy atom. The van der Waals surface area contributed by atoms with Crippen LogP contribution in [0.25, 0.3) is 0 Å². The molecule has 4 heteroatoms. The maximum Gasteiger partial charge on any atom is 0.132 e. The smallest absolute Gasteiger partial charge is 0.132 e. The van der Waals surface area contributed by atoms with Gasteiger partial charge in [0.05, 0.1) is 0 Å². The summed E-state index contributed by atoms with van der Waals surface area (Å²) in [5.74, 6) is 0.994. The van der Waals surface area contributed by atoms with E-state index in [0.29, 0.717) is 23.8 Å². The van der Waals surface area contributed by atoms with Crippen LogP contribution in [0.4, 0.5) is 0 Å². The van der Waals surface area contributed by atoms with Gasteiger partial charge in [0, 0.05) is 23.7 Å². The molecule has 0 spiro atoms. The minimum absolute atomic E-state index is 0.256. The predicted molar refractivity (Wildman–Crippen MR) is 119 cm³/mol. The normalized spacial score (nSPS) is 16.1. The predicted octanol–water partition coefficient (Wildman–Crippen LogP) is 5.31. The number of carbonyl (C=O) groups excluding carboxylic acids is 1. The second-order valence-corrected chi connectivity index (χ2v) is 8.73. The van der Waals surface area contributed by atoms with Crippen molar-refractivity contribution in [1.29, 1.82) is 5.41 Å². The monoisotopic (exact) mass is 381 g/mol. The van der Waals surface area contributed by atoms with Crippen molar-refractivity contribution in [3.05, 3.63) is 0 Å². The largest absolute Gasteiger partial charge is 0.317 e. The fourth-order valence-electron chi connectivity index (χ4n) is 3.77. The summed E-state index contributed by atoms with van der Waals surface area (Å²) >= 11 is 0. The van der Waals surface area contributed by atoms with Crippen LogP contribution >= 0.6 is 0 Å². The third-order valence-electron chi connectivity index (χ3n) is 6.23. The summed E-state index contributed by atoms with van der Waals surface area (Å²) in [6, 6.07) is 0.993. The van der Waals surface area contributed by atoms with Gasteiger partial charge in [-0.05, 0) is 86.4 Å². The van der Waals surface area contributed by atoms with Crippen molar-refractivity contribution in [1.82, 2.24) is 10.2 Å². The molecule has 160 valence electrons. The minimum Gasteiger partial charge on any atom is -0.317 e. The number of rotatable bonds is 17. The van der Waals surface area contributed by atoms with Gasteiger partial charge in [-0.3, -0.25) is 4.79 Å². The number of nitrogens with one attached hydrogen (secondary N) is 2. The van der Waals surface area contributed by atoms with E-state index in [1.165, 1.54) is 19.3 Å². The highest BCUT2D eigenvalue weighted by atomic mass is 16.1. The summed E-state index contributed by atoms with van der Waals surface area (Å²) in [4.78, 5) is 14.1. The highest BCUT2D eigenvalue weighted by Gasteiger charge is 2.19. The first-order valence-electron chi connectivity index (χ1n) is 11.1. The Morgan fingerprint density at radius 2 is 1.59 bits per heavy atom. The lowest BCUT2D eigenvalue weighted by atomic mass is 9.87. The van der Waals surface area contributed by atoms with E-state index >= 15 is 0 Å². The van der Waals surface area contributed by atoms with Gasteiger partial charge in [-0.2, -0.15) is 0 Å². The molecular formula is C23H47N3O. The summed E-state index contributed by atoms with van der Waals surface area (Å²) in [7, 11) is 6.27. The zero-order chi connectivity index (χ0) is 20.8. The van der Waals surface area contributed by atoms with E-state index in [1.54, 1.807) is 6.92 Å². The number of nitrogens with zero attached hydrogens (tertiary/aromatic N) is 1. The Balaban J connectivity index is 4.37. The van der Waals surface area contributed by atoms with E-state index in [0.717, 1.165) is 50.7 Å². The Kier molecular flexibility index (Phi) is 14.8. The van der Waals surface area contributed by atoms with Gasteiger partial charge in [-0.15, -0.1) is 0 Å². The number of hydrogen-bond donors (Lipinski definition) is 2. The Hall–Kier alpha value is -0.740. The van der Waals surface area contributed by atoms with Gasteiger partial charge in [0.25, 0.3) is 0 Å². The molecule has 4 atom stereocenters. The molecule has 0 radical (unpaired) electrons. The quantitative estimate of drug-likeness (QED) is 0.265. The highest BCUT2D eigenvalue weighted by Crippen LogP contribution is 2.22. The molecule has 27 heavy (non-hydrogen) atoms. The van der Waals surface area contributed by atoms with Crippen molar-refractivity contribution in [2.45, 2.75) is 104 Å². The summed E-state index contributed by atoms with van der Waals surface area (Å²) < 4.78 is 0. The first kappa shape index (κ1) is 26.3. The number of carbonyl (C=O) groups is 1. The molecule has 0 bridgehead atoms. The molecule has 4 nitrogen and oxygen atoms in total.